The van der Waals surface area contributed by atoms with Gasteiger partial charge in [0.05, 0.1) is 12.1 Å². The number of aromatic nitrogens is 3. The Morgan fingerprint density at radius 2 is 2.35 bits per heavy atom. The van der Waals surface area contributed by atoms with Crippen LogP contribution in [0.25, 0.3) is 10.9 Å². The first kappa shape index (κ1) is 12.3. The van der Waals surface area contributed by atoms with E-state index in [9.17, 15) is 4.79 Å². The Kier molecular flexibility index (Phi) is 2.90. The molecule has 4 N–H and O–H groups in total. The van der Waals surface area contributed by atoms with E-state index in [1.165, 1.54) is 0 Å². The molecule has 0 aliphatic rings. The summed E-state index contributed by atoms with van der Waals surface area (Å²) in [5.74, 6) is 0.655. The van der Waals surface area contributed by atoms with Gasteiger partial charge < -0.3 is 20.6 Å². The fraction of sp³-hybridized carbons (Fsp3) is 0.143. The Labute approximate surface area is 115 Å². The Balaban J connectivity index is 1.82. The number of fused-ring (bicyclic) bond motifs is 1. The molecule has 102 valence electrons. The first-order valence-electron chi connectivity index (χ1n) is 6.26. The number of carbonyl (C=O) groups is 1. The van der Waals surface area contributed by atoms with Crippen LogP contribution in [0.1, 0.15) is 16.2 Å². The predicted octanol–water partition coefficient (Wildman–Crippen LogP) is 1.41. The molecule has 0 fully saturated rings. The van der Waals surface area contributed by atoms with Crippen LogP contribution in [0.5, 0.6) is 0 Å². The topological polar surface area (TPSA) is 88.7 Å². The van der Waals surface area contributed by atoms with Gasteiger partial charge >= 0.3 is 0 Å². The number of nitrogens with zero attached hydrogens (tertiary/aromatic N) is 2. The molecule has 2 aromatic heterocycles. The van der Waals surface area contributed by atoms with E-state index in [1.807, 2.05) is 23.9 Å². The molecule has 0 bridgehead atoms. The predicted molar refractivity (Wildman–Crippen MR) is 77.1 cm³/mol. The van der Waals surface area contributed by atoms with E-state index >= 15 is 0 Å². The summed E-state index contributed by atoms with van der Waals surface area (Å²) in [4.78, 5) is 19.5. The van der Waals surface area contributed by atoms with Crippen molar-refractivity contribution in [3.8, 4) is 0 Å². The molecule has 0 radical (unpaired) electrons. The molecular weight excluding hydrogens is 254 g/mol. The van der Waals surface area contributed by atoms with Crippen LogP contribution >= 0.6 is 0 Å². The Hall–Kier alpha value is -2.76. The van der Waals surface area contributed by atoms with Crippen LogP contribution < -0.4 is 11.1 Å². The highest BCUT2D eigenvalue weighted by Crippen LogP contribution is 2.20. The van der Waals surface area contributed by atoms with Gasteiger partial charge in [0.15, 0.2) is 0 Å². The van der Waals surface area contributed by atoms with Gasteiger partial charge in [0, 0.05) is 42.2 Å². The minimum atomic E-state index is -0.148. The van der Waals surface area contributed by atoms with E-state index in [0.717, 1.165) is 16.7 Å². The molecule has 0 saturated carbocycles. The fourth-order valence-electron chi connectivity index (χ4n) is 2.15. The van der Waals surface area contributed by atoms with Crippen LogP contribution in [0.15, 0.2) is 36.8 Å². The lowest BCUT2D eigenvalue weighted by atomic mass is 10.1. The zero-order chi connectivity index (χ0) is 14.1. The van der Waals surface area contributed by atoms with E-state index < -0.39 is 0 Å². The molecule has 6 nitrogen and oxygen atoms in total. The number of nitrogens with one attached hydrogen (secondary N) is 2. The van der Waals surface area contributed by atoms with Gasteiger partial charge in [-0.2, -0.15) is 0 Å². The number of amides is 1. The lowest BCUT2D eigenvalue weighted by Gasteiger charge is -2.04. The van der Waals surface area contributed by atoms with Gasteiger partial charge in [0.1, 0.15) is 5.82 Å². The maximum atomic E-state index is 12.2. The van der Waals surface area contributed by atoms with Gasteiger partial charge in [0.2, 0.25) is 0 Å². The summed E-state index contributed by atoms with van der Waals surface area (Å²) in [6.45, 7) is 0.386. The standard InChI is InChI=1S/C14H15N5O/c1-19-5-4-16-13(19)8-18-14(20)11-7-17-12-3-2-9(15)6-10(11)12/h2-7,17H,8,15H2,1H3,(H,18,20). The average molecular weight is 269 g/mol. The van der Waals surface area contributed by atoms with Gasteiger partial charge in [0.25, 0.3) is 5.91 Å². The van der Waals surface area contributed by atoms with Crippen LogP contribution in [0.4, 0.5) is 5.69 Å². The quantitative estimate of drug-likeness (QED) is 0.628. The van der Waals surface area contributed by atoms with Crippen molar-refractivity contribution in [2.45, 2.75) is 6.54 Å². The summed E-state index contributed by atoms with van der Waals surface area (Å²) in [6.07, 6.45) is 5.24. The zero-order valence-corrected chi connectivity index (χ0v) is 11.1. The molecular formula is C14H15N5O. The van der Waals surface area contributed by atoms with Crippen molar-refractivity contribution in [2.24, 2.45) is 7.05 Å². The molecule has 6 heteroatoms. The van der Waals surface area contributed by atoms with Crippen LogP contribution in [-0.4, -0.2) is 20.4 Å². The van der Waals surface area contributed by atoms with Gasteiger partial charge in [-0.25, -0.2) is 4.98 Å². The largest absolute Gasteiger partial charge is 0.399 e. The zero-order valence-electron chi connectivity index (χ0n) is 11.1. The SMILES string of the molecule is Cn1ccnc1CNC(=O)c1c[nH]c2ccc(N)cc12. The van der Waals surface area contributed by atoms with E-state index in [0.29, 0.717) is 17.8 Å². The van der Waals surface area contributed by atoms with Gasteiger partial charge in [-0.1, -0.05) is 0 Å². The second kappa shape index (κ2) is 4.73. The molecule has 3 rings (SSSR count). The summed E-state index contributed by atoms with van der Waals surface area (Å²) < 4.78 is 1.87. The van der Waals surface area contributed by atoms with Crippen molar-refractivity contribution in [3.63, 3.8) is 0 Å². The van der Waals surface area contributed by atoms with Crippen LogP contribution in [0, 0.1) is 0 Å². The Bertz CT molecular complexity index is 771. The number of nitrogen functional groups attached to an aromatic ring is 1. The number of carbonyl (C=O) groups excluding carboxylic acids is 1. The van der Waals surface area contributed by atoms with Gasteiger partial charge in [-0.05, 0) is 18.2 Å². The number of rotatable bonds is 3. The molecule has 0 saturated heterocycles. The minimum absolute atomic E-state index is 0.148. The summed E-state index contributed by atoms with van der Waals surface area (Å²) in [5, 5.41) is 3.68. The van der Waals surface area contributed by atoms with Crippen molar-refractivity contribution in [3.05, 3.63) is 48.2 Å². The molecule has 0 atom stereocenters. The van der Waals surface area contributed by atoms with Crippen molar-refractivity contribution in [2.75, 3.05) is 5.73 Å². The fourth-order valence-corrected chi connectivity index (χ4v) is 2.15. The number of anilines is 1. The smallest absolute Gasteiger partial charge is 0.253 e. The Morgan fingerprint density at radius 1 is 1.50 bits per heavy atom. The lowest BCUT2D eigenvalue weighted by molar-refractivity contribution is 0.0951. The summed E-state index contributed by atoms with van der Waals surface area (Å²) in [6, 6.07) is 5.45. The normalized spacial score (nSPS) is 10.8. The number of aryl methyl sites for hydroxylation is 1. The maximum Gasteiger partial charge on any atom is 0.253 e. The first-order chi connectivity index (χ1) is 9.65. The van der Waals surface area contributed by atoms with E-state index in [2.05, 4.69) is 15.3 Å². The highest BCUT2D eigenvalue weighted by atomic mass is 16.1. The van der Waals surface area contributed by atoms with E-state index in [1.54, 1.807) is 24.5 Å². The molecule has 1 amide bonds. The van der Waals surface area contributed by atoms with E-state index in [-0.39, 0.29) is 5.91 Å². The molecule has 2 heterocycles. The number of benzene rings is 1. The second-order valence-electron chi connectivity index (χ2n) is 4.64. The number of aromatic amines is 1. The number of hydrogen-bond acceptors (Lipinski definition) is 3. The molecule has 3 aromatic rings. The number of H-pyrrole nitrogens is 1. The third-order valence-corrected chi connectivity index (χ3v) is 3.28. The summed E-state index contributed by atoms with van der Waals surface area (Å²) >= 11 is 0. The number of imidazole rings is 1. The highest BCUT2D eigenvalue weighted by molar-refractivity contribution is 6.07. The molecule has 20 heavy (non-hydrogen) atoms. The molecule has 1 aromatic carbocycles. The van der Waals surface area contributed by atoms with Crippen molar-refractivity contribution < 1.29 is 4.79 Å². The third kappa shape index (κ3) is 2.11. The van der Waals surface area contributed by atoms with Crippen molar-refractivity contribution >= 4 is 22.5 Å². The van der Waals surface area contributed by atoms with Crippen LogP contribution in [0.3, 0.4) is 0 Å². The maximum absolute atomic E-state index is 12.2. The van der Waals surface area contributed by atoms with E-state index in [4.69, 9.17) is 5.73 Å². The first-order valence-corrected chi connectivity index (χ1v) is 6.26. The second-order valence-corrected chi connectivity index (χ2v) is 4.64. The summed E-state index contributed by atoms with van der Waals surface area (Å²) in [7, 11) is 1.89. The van der Waals surface area contributed by atoms with Crippen LogP contribution in [0.2, 0.25) is 0 Å². The monoisotopic (exact) mass is 269 g/mol. The lowest BCUT2D eigenvalue weighted by Crippen LogP contribution is -2.24. The Morgan fingerprint density at radius 3 is 3.10 bits per heavy atom. The summed E-state index contributed by atoms with van der Waals surface area (Å²) in [5.41, 5.74) is 7.87. The molecule has 0 aliphatic heterocycles. The van der Waals surface area contributed by atoms with Crippen molar-refractivity contribution in [1.82, 2.24) is 19.9 Å². The highest BCUT2D eigenvalue weighted by Gasteiger charge is 2.12. The minimum Gasteiger partial charge on any atom is -0.399 e. The van der Waals surface area contributed by atoms with Crippen LogP contribution in [-0.2, 0) is 13.6 Å². The number of nitrogens with two attached hydrogens (primary N) is 1. The molecule has 0 unspecified atom stereocenters. The van der Waals surface area contributed by atoms with Gasteiger partial charge in [-0.3, -0.25) is 4.79 Å². The van der Waals surface area contributed by atoms with Gasteiger partial charge in [-0.15, -0.1) is 0 Å². The number of hydrogen-bond donors (Lipinski definition) is 3. The molecule has 0 aliphatic carbocycles. The average Bonchev–Trinajstić information content (AvgIpc) is 3.02. The molecule has 0 spiro atoms. The van der Waals surface area contributed by atoms with Crippen molar-refractivity contribution in [1.29, 1.82) is 0 Å². The third-order valence-electron chi connectivity index (χ3n) is 3.28.